The van der Waals surface area contributed by atoms with Crippen LogP contribution in [0.3, 0.4) is 0 Å². The van der Waals surface area contributed by atoms with E-state index in [1.165, 1.54) is 14.2 Å². The molecule has 0 saturated carbocycles. The first-order valence-electron chi connectivity index (χ1n) is 9.27. The van der Waals surface area contributed by atoms with Crippen LogP contribution in [0.1, 0.15) is 49.9 Å². The maximum Gasteiger partial charge on any atom is 0.252 e. The molecule has 0 unspecified atom stereocenters. The molecule has 1 atom stereocenters. The Morgan fingerprint density at radius 2 is 1.62 bits per heavy atom. The highest BCUT2D eigenvalue weighted by Gasteiger charge is 2.28. The number of nitrogens with one attached hydrogen (secondary N) is 1. The van der Waals surface area contributed by atoms with Gasteiger partial charge in [0.1, 0.15) is 17.5 Å². The van der Waals surface area contributed by atoms with E-state index >= 15 is 0 Å². The highest BCUT2D eigenvalue weighted by atomic mass is 16.5. The van der Waals surface area contributed by atoms with Crippen molar-refractivity contribution in [3.63, 3.8) is 0 Å². The lowest BCUT2D eigenvalue weighted by molar-refractivity contribution is -0.134. The van der Waals surface area contributed by atoms with E-state index in [2.05, 4.69) is 19.2 Å². The van der Waals surface area contributed by atoms with E-state index in [1.807, 2.05) is 4.90 Å². The molecule has 1 aliphatic rings. The molecule has 1 saturated heterocycles. The number of carbonyl (C=O) groups is 2. The Hall–Kier alpha value is -2.24. The van der Waals surface area contributed by atoms with E-state index in [4.69, 9.17) is 9.47 Å². The summed E-state index contributed by atoms with van der Waals surface area (Å²) in [5.41, 5.74) is 0.418. The molecule has 144 valence electrons. The Labute approximate surface area is 155 Å². The first-order valence-corrected chi connectivity index (χ1v) is 9.27. The number of amides is 2. The van der Waals surface area contributed by atoms with Gasteiger partial charge in [-0.25, -0.2) is 0 Å². The fourth-order valence-electron chi connectivity index (χ4n) is 3.21. The van der Waals surface area contributed by atoms with Crippen molar-refractivity contribution >= 4 is 11.8 Å². The number of likely N-dealkylation sites (tertiary alicyclic amines) is 1. The monoisotopic (exact) mass is 362 g/mol. The van der Waals surface area contributed by atoms with Gasteiger partial charge in [-0.3, -0.25) is 9.59 Å². The largest absolute Gasteiger partial charge is 0.497 e. The molecule has 1 aliphatic heterocycles. The first-order chi connectivity index (χ1) is 12.4. The summed E-state index contributed by atoms with van der Waals surface area (Å²) < 4.78 is 10.4. The van der Waals surface area contributed by atoms with Gasteiger partial charge in [-0.15, -0.1) is 0 Å². The molecule has 1 heterocycles. The van der Waals surface area contributed by atoms with Crippen LogP contribution in [0.25, 0.3) is 0 Å². The summed E-state index contributed by atoms with van der Waals surface area (Å²) in [5, 5.41) is 2.92. The van der Waals surface area contributed by atoms with Crippen molar-refractivity contribution in [1.82, 2.24) is 10.2 Å². The van der Waals surface area contributed by atoms with E-state index < -0.39 is 6.04 Å². The minimum absolute atomic E-state index is 0.0154. The van der Waals surface area contributed by atoms with Crippen molar-refractivity contribution < 1.29 is 19.1 Å². The van der Waals surface area contributed by atoms with E-state index in [9.17, 15) is 9.59 Å². The number of hydrogen-bond acceptors (Lipinski definition) is 4. The molecule has 1 fully saturated rings. The van der Waals surface area contributed by atoms with Gasteiger partial charge in [0.05, 0.1) is 14.2 Å². The second-order valence-corrected chi connectivity index (χ2v) is 7.14. The molecule has 0 aliphatic carbocycles. The third kappa shape index (κ3) is 5.38. The Morgan fingerprint density at radius 1 is 1.04 bits per heavy atom. The first kappa shape index (κ1) is 20.1. The molecule has 1 aromatic carbocycles. The van der Waals surface area contributed by atoms with Crippen LogP contribution in [-0.4, -0.2) is 50.1 Å². The Kier molecular flexibility index (Phi) is 7.30. The molecule has 6 nitrogen and oxygen atoms in total. The molecule has 6 heteroatoms. The molecular formula is C20H30N2O4. The molecular weight excluding hydrogens is 332 g/mol. The third-order valence-corrected chi connectivity index (χ3v) is 4.59. The van der Waals surface area contributed by atoms with Crippen LogP contribution in [0.5, 0.6) is 11.5 Å². The van der Waals surface area contributed by atoms with Gasteiger partial charge in [-0.1, -0.05) is 13.8 Å². The maximum absolute atomic E-state index is 12.9. The maximum atomic E-state index is 12.9. The Morgan fingerprint density at radius 3 is 2.12 bits per heavy atom. The van der Waals surface area contributed by atoms with Crippen molar-refractivity contribution in [2.24, 2.45) is 5.92 Å². The van der Waals surface area contributed by atoms with Crippen molar-refractivity contribution in [2.75, 3.05) is 27.3 Å². The van der Waals surface area contributed by atoms with Crippen molar-refractivity contribution in [1.29, 1.82) is 0 Å². The number of benzene rings is 1. The van der Waals surface area contributed by atoms with Gasteiger partial charge in [-0.05, 0) is 43.7 Å². The van der Waals surface area contributed by atoms with Gasteiger partial charge in [0.25, 0.3) is 5.91 Å². The minimum atomic E-state index is -0.516. The molecule has 26 heavy (non-hydrogen) atoms. The second kappa shape index (κ2) is 9.46. The number of carbonyl (C=O) groups excluding carboxylic acids is 2. The molecule has 2 rings (SSSR count). The summed E-state index contributed by atoms with van der Waals surface area (Å²) in [5.74, 6) is 1.10. The third-order valence-electron chi connectivity index (χ3n) is 4.59. The standard InChI is InChI=1S/C20H30N2O4/c1-14(2)10-18(20(24)22-8-6-5-7-9-22)21-19(23)15-11-16(25-3)13-17(12-15)26-4/h11-14,18H,5-10H2,1-4H3,(H,21,23)/t18-/m1/s1. The average molecular weight is 362 g/mol. The molecule has 0 aromatic heterocycles. The molecule has 0 spiro atoms. The lowest BCUT2D eigenvalue weighted by Gasteiger charge is -2.31. The summed E-state index contributed by atoms with van der Waals surface area (Å²) in [6.07, 6.45) is 3.83. The molecule has 2 amide bonds. The predicted molar refractivity (Wildman–Crippen MR) is 101 cm³/mol. The number of ether oxygens (including phenoxy) is 2. The van der Waals surface area contributed by atoms with Crippen LogP contribution < -0.4 is 14.8 Å². The zero-order valence-electron chi connectivity index (χ0n) is 16.2. The lowest BCUT2D eigenvalue weighted by Crippen LogP contribution is -2.50. The van der Waals surface area contributed by atoms with E-state index in [-0.39, 0.29) is 11.8 Å². The summed E-state index contributed by atoms with van der Waals surface area (Å²) in [6, 6.07) is 4.49. The highest BCUT2D eigenvalue weighted by molar-refractivity contribution is 5.98. The van der Waals surface area contributed by atoms with Crippen LogP contribution in [0.15, 0.2) is 18.2 Å². The lowest BCUT2D eigenvalue weighted by atomic mass is 10.0. The zero-order chi connectivity index (χ0) is 19.1. The number of piperidine rings is 1. The fourth-order valence-corrected chi connectivity index (χ4v) is 3.21. The number of hydrogen-bond donors (Lipinski definition) is 1. The van der Waals surface area contributed by atoms with Crippen LogP contribution in [0, 0.1) is 5.92 Å². The van der Waals surface area contributed by atoms with E-state index in [0.29, 0.717) is 29.4 Å². The number of methoxy groups -OCH3 is 2. The van der Waals surface area contributed by atoms with Gasteiger partial charge in [0, 0.05) is 24.7 Å². The normalized spacial score (nSPS) is 15.5. The molecule has 0 radical (unpaired) electrons. The number of nitrogens with zero attached hydrogens (tertiary/aromatic N) is 1. The SMILES string of the molecule is COc1cc(OC)cc(C(=O)N[C@H](CC(C)C)C(=O)N2CCCCC2)c1. The predicted octanol–water partition coefficient (Wildman–Crippen LogP) is 2.86. The Bertz CT molecular complexity index is 602. The van der Waals surface area contributed by atoms with Gasteiger partial charge < -0.3 is 19.7 Å². The van der Waals surface area contributed by atoms with E-state index in [1.54, 1.807) is 18.2 Å². The molecule has 1 aromatic rings. The zero-order valence-corrected chi connectivity index (χ0v) is 16.2. The van der Waals surface area contributed by atoms with Crippen LogP contribution in [0.4, 0.5) is 0 Å². The summed E-state index contributed by atoms with van der Waals surface area (Å²) in [4.78, 5) is 27.6. The average Bonchev–Trinajstić information content (AvgIpc) is 2.66. The second-order valence-electron chi connectivity index (χ2n) is 7.14. The highest BCUT2D eigenvalue weighted by Crippen LogP contribution is 2.23. The Balaban J connectivity index is 2.16. The summed E-state index contributed by atoms with van der Waals surface area (Å²) in [6.45, 7) is 5.65. The van der Waals surface area contributed by atoms with Gasteiger partial charge in [0.15, 0.2) is 0 Å². The van der Waals surface area contributed by atoms with Crippen LogP contribution in [-0.2, 0) is 4.79 Å². The quantitative estimate of drug-likeness (QED) is 0.810. The number of rotatable bonds is 7. The minimum Gasteiger partial charge on any atom is -0.497 e. The van der Waals surface area contributed by atoms with Crippen molar-refractivity contribution in [3.8, 4) is 11.5 Å². The van der Waals surface area contributed by atoms with Crippen LogP contribution >= 0.6 is 0 Å². The topological polar surface area (TPSA) is 67.9 Å². The summed E-state index contributed by atoms with van der Waals surface area (Å²) >= 11 is 0. The summed E-state index contributed by atoms with van der Waals surface area (Å²) in [7, 11) is 3.08. The fraction of sp³-hybridized carbons (Fsp3) is 0.600. The van der Waals surface area contributed by atoms with Gasteiger partial charge >= 0.3 is 0 Å². The molecule has 1 N–H and O–H groups in total. The molecule has 0 bridgehead atoms. The van der Waals surface area contributed by atoms with Crippen molar-refractivity contribution in [2.45, 2.75) is 45.6 Å². The van der Waals surface area contributed by atoms with Gasteiger partial charge in [0.2, 0.25) is 5.91 Å². The van der Waals surface area contributed by atoms with E-state index in [0.717, 1.165) is 32.4 Å². The van der Waals surface area contributed by atoms with Crippen molar-refractivity contribution in [3.05, 3.63) is 23.8 Å². The van der Waals surface area contributed by atoms with Crippen LogP contribution in [0.2, 0.25) is 0 Å². The smallest absolute Gasteiger partial charge is 0.252 e. The van der Waals surface area contributed by atoms with Gasteiger partial charge in [-0.2, -0.15) is 0 Å².